The van der Waals surface area contributed by atoms with Gasteiger partial charge in [0, 0.05) is 17.3 Å². The molecule has 1 aromatic heterocycles. The predicted octanol–water partition coefficient (Wildman–Crippen LogP) is 0.328. The second-order valence-electron chi connectivity index (χ2n) is 6.60. The molecule has 1 aliphatic rings. The van der Waals surface area contributed by atoms with Crippen molar-refractivity contribution in [2.75, 3.05) is 33.3 Å². The van der Waals surface area contributed by atoms with Crippen molar-refractivity contribution < 1.29 is 34.0 Å². The highest BCUT2D eigenvalue weighted by atomic mass is 16.5. The smallest absolute Gasteiger partial charge is 0.351 e. The summed E-state index contributed by atoms with van der Waals surface area (Å²) in [5, 5.41) is 21.8. The molecule has 3 N–H and O–H groups in total. The van der Waals surface area contributed by atoms with Crippen LogP contribution in [0.4, 0.5) is 5.82 Å². The summed E-state index contributed by atoms with van der Waals surface area (Å²) >= 11 is 0. The van der Waals surface area contributed by atoms with E-state index in [0.717, 1.165) is 4.57 Å². The van der Waals surface area contributed by atoms with Gasteiger partial charge in [0.15, 0.2) is 17.7 Å². The number of rotatable bonds is 7. The molecule has 1 saturated heterocycles. The molecule has 31 heavy (non-hydrogen) atoms. The lowest BCUT2D eigenvalue weighted by molar-refractivity contribution is -0.0447. The highest BCUT2D eigenvalue weighted by Gasteiger charge is 2.38. The monoisotopic (exact) mass is 433 g/mol. The Balaban J connectivity index is 1.83. The van der Waals surface area contributed by atoms with Gasteiger partial charge in [-0.05, 0) is 18.2 Å². The Hall–Kier alpha value is -3.41. The van der Waals surface area contributed by atoms with E-state index in [2.05, 4.69) is 16.9 Å². The average Bonchev–Trinajstić information content (AvgIpc) is 3.06. The van der Waals surface area contributed by atoms with Crippen molar-refractivity contribution >= 4 is 11.7 Å². The lowest BCUT2D eigenvalue weighted by atomic mass is 10.1. The second-order valence-corrected chi connectivity index (χ2v) is 6.60. The molecule has 2 heterocycles. The van der Waals surface area contributed by atoms with Crippen molar-refractivity contribution in [3.8, 4) is 17.2 Å². The van der Waals surface area contributed by atoms with E-state index in [0.29, 0.717) is 17.2 Å². The molecule has 11 nitrogen and oxygen atoms in total. The molecule has 0 saturated carbocycles. The number of hydrogen-bond donors (Lipinski definition) is 3. The van der Waals surface area contributed by atoms with E-state index in [-0.39, 0.29) is 17.0 Å². The molecule has 1 aromatic carbocycles. The summed E-state index contributed by atoms with van der Waals surface area (Å²) in [4.78, 5) is 29.0. The number of aromatic nitrogens is 2. The number of aliphatic hydroxyl groups excluding tert-OH is 2. The summed E-state index contributed by atoms with van der Waals surface area (Å²) in [7, 11) is 4.30. The topological polar surface area (TPSA) is 141 Å². The SMILES string of the molecule is C=C1[C@H](n2ccc(NC(=O)c3cc(OC)c(OC)c(OC)c3)nc2=O)O[C@H](CO)[C@H]1O. The van der Waals surface area contributed by atoms with Crippen molar-refractivity contribution in [3.05, 3.63) is 52.6 Å². The minimum Gasteiger partial charge on any atom is -0.493 e. The van der Waals surface area contributed by atoms with Gasteiger partial charge in [-0.2, -0.15) is 4.98 Å². The fourth-order valence-electron chi connectivity index (χ4n) is 3.16. The number of hydrogen-bond acceptors (Lipinski definition) is 9. The van der Waals surface area contributed by atoms with Crippen LogP contribution in [-0.2, 0) is 4.74 Å². The Bertz CT molecular complexity index is 1030. The largest absolute Gasteiger partial charge is 0.493 e. The average molecular weight is 433 g/mol. The maximum atomic E-state index is 12.7. The number of anilines is 1. The quantitative estimate of drug-likeness (QED) is 0.527. The van der Waals surface area contributed by atoms with Crippen LogP contribution in [0.3, 0.4) is 0 Å². The van der Waals surface area contributed by atoms with Crippen LogP contribution in [0.2, 0.25) is 0 Å². The van der Waals surface area contributed by atoms with Gasteiger partial charge in [-0.1, -0.05) is 6.58 Å². The number of benzene rings is 1. The van der Waals surface area contributed by atoms with E-state index in [1.165, 1.54) is 45.7 Å². The van der Waals surface area contributed by atoms with E-state index in [9.17, 15) is 19.8 Å². The first kappa shape index (κ1) is 22.3. The Labute approximate surface area is 177 Å². The number of carbonyl (C=O) groups is 1. The highest BCUT2D eigenvalue weighted by Crippen LogP contribution is 2.38. The van der Waals surface area contributed by atoms with E-state index in [4.69, 9.17) is 18.9 Å². The van der Waals surface area contributed by atoms with Gasteiger partial charge >= 0.3 is 5.69 Å². The molecule has 0 aliphatic carbocycles. The van der Waals surface area contributed by atoms with Crippen molar-refractivity contribution in [3.63, 3.8) is 0 Å². The Kier molecular flexibility index (Phi) is 6.59. The van der Waals surface area contributed by atoms with E-state index in [1.807, 2.05) is 0 Å². The maximum Gasteiger partial charge on any atom is 0.351 e. The fourth-order valence-corrected chi connectivity index (χ4v) is 3.16. The Morgan fingerprint density at radius 3 is 2.39 bits per heavy atom. The van der Waals surface area contributed by atoms with Crippen LogP contribution in [0.15, 0.2) is 41.3 Å². The van der Waals surface area contributed by atoms with Crippen LogP contribution in [0.5, 0.6) is 17.2 Å². The molecule has 1 fully saturated rings. The molecule has 0 unspecified atom stereocenters. The van der Waals surface area contributed by atoms with Gasteiger partial charge in [0.2, 0.25) is 5.75 Å². The first-order chi connectivity index (χ1) is 14.8. The standard InChI is InChI=1S/C20H23N3O8/c1-10-16(25)14(9-24)31-19(10)23-6-5-15(22-20(23)27)21-18(26)11-7-12(28-2)17(30-4)13(8-11)29-3/h5-8,14,16,19,24-25H,1,9H2,2-4H3,(H,21,22,26,27)/t14-,16+,19-/m1/s1. The van der Waals surface area contributed by atoms with Gasteiger partial charge < -0.3 is 34.5 Å². The zero-order valence-corrected chi connectivity index (χ0v) is 17.2. The summed E-state index contributed by atoms with van der Waals surface area (Å²) in [6.45, 7) is 3.28. The van der Waals surface area contributed by atoms with E-state index < -0.39 is 36.6 Å². The molecule has 1 amide bonds. The van der Waals surface area contributed by atoms with Gasteiger partial charge in [0.05, 0.1) is 27.9 Å². The van der Waals surface area contributed by atoms with Crippen molar-refractivity contribution in [2.24, 2.45) is 0 Å². The first-order valence-corrected chi connectivity index (χ1v) is 9.18. The third-order valence-corrected chi connectivity index (χ3v) is 4.78. The van der Waals surface area contributed by atoms with Gasteiger partial charge in [-0.15, -0.1) is 0 Å². The first-order valence-electron chi connectivity index (χ1n) is 9.18. The summed E-state index contributed by atoms with van der Waals surface area (Å²) in [5.74, 6) is 0.375. The molecular formula is C20H23N3O8. The molecule has 0 spiro atoms. The second kappa shape index (κ2) is 9.16. The van der Waals surface area contributed by atoms with Crippen LogP contribution in [0, 0.1) is 0 Å². The van der Waals surface area contributed by atoms with Crippen LogP contribution < -0.4 is 25.2 Å². The lowest BCUT2D eigenvalue weighted by Gasteiger charge is -2.16. The molecule has 3 atom stereocenters. The number of ether oxygens (including phenoxy) is 4. The predicted molar refractivity (Wildman–Crippen MR) is 109 cm³/mol. The third kappa shape index (κ3) is 4.24. The molecule has 11 heteroatoms. The summed E-state index contributed by atoms with van der Waals surface area (Å²) in [6.07, 6.45) is -1.63. The zero-order valence-electron chi connectivity index (χ0n) is 17.2. The minimum absolute atomic E-state index is 0.00266. The fraction of sp³-hybridized carbons (Fsp3) is 0.350. The number of carbonyl (C=O) groups excluding carboxylic acids is 1. The zero-order chi connectivity index (χ0) is 22.7. The minimum atomic E-state index is -1.11. The normalized spacial score (nSPS) is 20.4. The van der Waals surface area contributed by atoms with Crippen LogP contribution >= 0.6 is 0 Å². The van der Waals surface area contributed by atoms with E-state index in [1.54, 1.807) is 0 Å². The van der Waals surface area contributed by atoms with Gasteiger partial charge in [0.25, 0.3) is 5.91 Å². The molecule has 1 aliphatic heterocycles. The molecule has 0 bridgehead atoms. The van der Waals surface area contributed by atoms with Crippen molar-refractivity contribution in [1.29, 1.82) is 0 Å². The summed E-state index contributed by atoms with van der Waals surface area (Å²) in [5.41, 5.74) is -0.321. The summed E-state index contributed by atoms with van der Waals surface area (Å²) in [6, 6.07) is 4.32. The Morgan fingerprint density at radius 2 is 1.90 bits per heavy atom. The van der Waals surface area contributed by atoms with Crippen LogP contribution in [0.1, 0.15) is 16.6 Å². The van der Waals surface area contributed by atoms with Gasteiger partial charge in [-0.3, -0.25) is 9.36 Å². The van der Waals surface area contributed by atoms with E-state index >= 15 is 0 Å². The lowest BCUT2D eigenvalue weighted by Crippen LogP contribution is -2.29. The summed E-state index contributed by atoms with van der Waals surface area (Å²) < 4.78 is 22.3. The number of methoxy groups -OCH3 is 3. The maximum absolute atomic E-state index is 12.7. The number of nitrogens with one attached hydrogen (secondary N) is 1. The highest BCUT2D eigenvalue weighted by molar-refractivity contribution is 6.04. The van der Waals surface area contributed by atoms with Gasteiger partial charge in [-0.25, -0.2) is 4.79 Å². The van der Waals surface area contributed by atoms with Crippen LogP contribution in [-0.4, -0.2) is 65.8 Å². The molecule has 166 valence electrons. The number of nitrogens with zero attached hydrogens (tertiary/aromatic N) is 2. The molecule has 3 rings (SSSR count). The molecular weight excluding hydrogens is 410 g/mol. The molecule has 0 radical (unpaired) electrons. The van der Waals surface area contributed by atoms with Crippen molar-refractivity contribution in [1.82, 2.24) is 9.55 Å². The van der Waals surface area contributed by atoms with Gasteiger partial charge in [0.1, 0.15) is 18.0 Å². The van der Waals surface area contributed by atoms with Crippen molar-refractivity contribution in [2.45, 2.75) is 18.4 Å². The molecule has 2 aromatic rings. The third-order valence-electron chi connectivity index (χ3n) is 4.78. The van der Waals surface area contributed by atoms with Crippen LogP contribution in [0.25, 0.3) is 0 Å². The Morgan fingerprint density at radius 1 is 1.26 bits per heavy atom. The number of amides is 1. The number of aliphatic hydroxyl groups is 2.